The molecular formula is C19H16N2O6S. The van der Waals surface area contributed by atoms with Crippen LogP contribution in [-0.2, 0) is 14.8 Å². The Morgan fingerprint density at radius 1 is 1.07 bits per heavy atom. The molecule has 0 bridgehead atoms. The van der Waals surface area contributed by atoms with Crippen LogP contribution in [-0.4, -0.2) is 31.0 Å². The number of hydrogen-bond acceptors (Lipinski definition) is 5. The van der Waals surface area contributed by atoms with Crippen LogP contribution in [0, 0.1) is 17.0 Å². The Bertz CT molecular complexity index is 1180. The summed E-state index contributed by atoms with van der Waals surface area (Å²) in [5, 5.41) is 21.3. The molecule has 0 aliphatic rings. The lowest BCUT2D eigenvalue weighted by atomic mass is 10.0. The van der Waals surface area contributed by atoms with Crippen molar-refractivity contribution in [3.8, 4) is 0 Å². The number of sulfonamides is 1. The van der Waals surface area contributed by atoms with Crippen molar-refractivity contribution in [2.75, 3.05) is 10.8 Å². The first-order valence-corrected chi connectivity index (χ1v) is 9.64. The van der Waals surface area contributed by atoms with E-state index >= 15 is 0 Å². The van der Waals surface area contributed by atoms with Gasteiger partial charge in [-0.05, 0) is 30.7 Å². The van der Waals surface area contributed by atoms with Crippen LogP contribution in [0.4, 0.5) is 11.4 Å². The molecule has 8 nitrogen and oxygen atoms in total. The van der Waals surface area contributed by atoms with E-state index in [1.165, 1.54) is 43.3 Å². The first kappa shape index (κ1) is 19.3. The molecule has 0 saturated heterocycles. The van der Waals surface area contributed by atoms with Gasteiger partial charge in [0.15, 0.2) is 0 Å². The maximum absolute atomic E-state index is 13.2. The van der Waals surface area contributed by atoms with Gasteiger partial charge in [-0.1, -0.05) is 36.4 Å². The number of benzene rings is 3. The molecule has 144 valence electrons. The van der Waals surface area contributed by atoms with E-state index in [4.69, 9.17) is 0 Å². The van der Waals surface area contributed by atoms with E-state index in [-0.39, 0.29) is 32.6 Å². The number of fused-ring (bicyclic) bond motifs is 1. The zero-order valence-corrected chi connectivity index (χ0v) is 15.6. The van der Waals surface area contributed by atoms with Crippen LogP contribution in [0.3, 0.4) is 0 Å². The third kappa shape index (κ3) is 3.39. The number of carboxylic acids is 1. The number of rotatable bonds is 6. The summed E-state index contributed by atoms with van der Waals surface area (Å²) in [4.78, 5) is 22.3. The van der Waals surface area contributed by atoms with Gasteiger partial charge in [0.05, 0.1) is 20.9 Å². The number of anilines is 1. The molecule has 0 atom stereocenters. The highest BCUT2D eigenvalue weighted by Gasteiger charge is 2.31. The monoisotopic (exact) mass is 400 g/mol. The fourth-order valence-electron chi connectivity index (χ4n) is 3.09. The van der Waals surface area contributed by atoms with Crippen LogP contribution in [0.1, 0.15) is 5.56 Å². The number of aliphatic carboxylic acids is 1. The van der Waals surface area contributed by atoms with Crippen molar-refractivity contribution >= 4 is 38.1 Å². The molecule has 0 fully saturated rings. The van der Waals surface area contributed by atoms with Gasteiger partial charge >= 0.3 is 5.97 Å². The van der Waals surface area contributed by atoms with E-state index in [0.717, 1.165) is 4.31 Å². The second-order valence-corrected chi connectivity index (χ2v) is 7.94. The van der Waals surface area contributed by atoms with Crippen molar-refractivity contribution in [1.82, 2.24) is 0 Å². The average Bonchev–Trinajstić information content (AvgIpc) is 2.66. The summed E-state index contributed by atoms with van der Waals surface area (Å²) in [6, 6.07) is 15.0. The van der Waals surface area contributed by atoms with Gasteiger partial charge in [-0.25, -0.2) is 8.42 Å². The molecule has 0 unspecified atom stereocenters. The Morgan fingerprint density at radius 3 is 2.21 bits per heavy atom. The van der Waals surface area contributed by atoms with Crippen LogP contribution < -0.4 is 4.31 Å². The smallest absolute Gasteiger partial charge is 0.324 e. The fraction of sp³-hybridized carbons (Fsp3) is 0.105. The molecule has 0 amide bonds. The van der Waals surface area contributed by atoms with E-state index in [0.29, 0.717) is 0 Å². The number of hydrogen-bond donors (Lipinski definition) is 1. The third-order valence-corrected chi connectivity index (χ3v) is 6.00. The zero-order chi connectivity index (χ0) is 20.5. The average molecular weight is 400 g/mol. The highest BCUT2D eigenvalue weighted by atomic mass is 32.2. The Hall–Kier alpha value is -3.46. The van der Waals surface area contributed by atoms with Gasteiger partial charge in [0.1, 0.15) is 6.54 Å². The van der Waals surface area contributed by atoms with Gasteiger partial charge in [-0.2, -0.15) is 0 Å². The molecule has 9 heteroatoms. The molecule has 0 saturated carbocycles. The molecule has 0 aliphatic carbocycles. The van der Waals surface area contributed by atoms with Gasteiger partial charge in [0.2, 0.25) is 0 Å². The van der Waals surface area contributed by atoms with Crippen LogP contribution in [0.5, 0.6) is 0 Å². The van der Waals surface area contributed by atoms with Crippen molar-refractivity contribution < 1.29 is 23.2 Å². The van der Waals surface area contributed by atoms with Crippen molar-refractivity contribution in [3.05, 3.63) is 76.3 Å². The summed E-state index contributed by atoms with van der Waals surface area (Å²) in [6.07, 6.45) is 0. The normalized spacial score (nSPS) is 11.3. The van der Waals surface area contributed by atoms with E-state index in [9.17, 15) is 28.4 Å². The Balaban J connectivity index is 2.35. The van der Waals surface area contributed by atoms with Crippen molar-refractivity contribution in [1.29, 1.82) is 0 Å². The van der Waals surface area contributed by atoms with Crippen LogP contribution >= 0.6 is 0 Å². The van der Waals surface area contributed by atoms with Crippen molar-refractivity contribution in [2.45, 2.75) is 11.8 Å². The van der Waals surface area contributed by atoms with E-state index in [1.54, 1.807) is 24.3 Å². The quantitative estimate of drug-likeness (QED) is 0.501. The predicted octanol–water partition coefficient (Wildman–Crippen LogP) is 3.34. The van der Waals surface area contributed by atoms with E-state index in [1.807, 2.05) is 0 Å². The third-order valence-electron chi connectivity index (χ3n) is 4.24. The Morgan fingerprint density at radius 2 is 1.64 bits per heavy atom. The maximum atomic E-state index is 13.2. The largest absolute Gasteiger partial charge is 0.480 e. The van der Waals surface area contributed by atoms with Gasteiger partial charge in [0.25, 0.3) is 15.7 Å². The fourth-order valence-corrected chi connectivity index (χ4v) is 4.60. The number of carboxylic acid groups (broad SMARTS) is 1. The second kappa shape index (κ2) is 7.28. The molecule has 3 aromatic carbocycles. The summed E-state index contributed by atoms with van der Waals surface area (Å²) in [5.74, 6) is -1.35. The highest BCUT2D eigenvalue weighted by molar-refractivity contribution is 7.92. The topological polar surface area (TPSA) is 118 Å². The predicted molar refractivity (Wildman–Crippen MR) is 104 cm³/mol. The second-order valence-electron chi connectivity index (χ2n) is 6.08. The van der Waals surface area contributed by atoms with Crippen molar-refractivity contribution in [2.24, 2.45) is 0 Å². The van der Waals surface area contributed by atoms with Crippen LogP contribution in [0.2, 0.25) is 0 Å². The molecule has 3 aromatic rings. The molecule has 1 N–H and O–H groups in total. The molecule has 0 radical (unpaired) electrons. The molecule has 0 aromatic heterocycles. The summed E-state index contributed by atoms with van der Waals surface area (Å²) in [7, 11) is -4.21. The lowest BCUT2D eigenvalue weighted by Gasteiger charge is -2.26. The standard InChI is InChI=1S/C19H16N2O6S/c1-13-11-17(21(24)25)15-9-5-6-10-16(15)19(13)20(12-18(22)23)28(26,27)14-7-3-2-4-8-14/h2-11H,12H2,1H3,(H,22,23). The molecule has 3 rings (SSSR count). The van der Waals surface area contributed by atoms with E-state index < -0.39 is 27.5 Å². The van der Waals surface area contributed by atoms with Gasteiger partial charge in [-0.3, -0.25) is 19.2 Å². The summed E-state index contributed by atoms with van der Waals surface area (Å²) in [5.41, 5.74) is 0.211. The SMILES string of the molecule is Cc1cc([N+](=O)[O-])c2ccccc2c1N(CC(=O)O)S(=O)(=O)c1ccccc1. The Kier molecular flexibility index (Phi) is 5.02. The summed E-state index contributed by atoms with van der Waals surface area (Å²) < 4.78 is 27.2. The molecule has 28 heavy (non-hydrogen) atoms. The maximum Gasteiger partial charge on any atom is 0.324 e. The van der Waals surface area contributed by atoms with Crippen LogP contribution in [0.15, 0.2) is 65.6 Å². The molecule has 0 heterocycles. The van der Waals surface area contributed by atoms with Gasteiger partial charge in [0, 0.05) is 11.5 Å². The minimum atomic E-state index is -4.21. The minimum absolute atomic E-state index is 0.0712. The lowest BCUT2D eigenvalue weighted by Crippen LogP contribution is -2.36. The Labute approximate surface area is 160 Å². The molecular weight excluding hydrogens is 384 g/mol. The number of carbonyl (C=O) groups is 1. The first-order valence-electron chi connectivity index (χ1n) is 8.20. The summed E-state index contributed by atoms with van der Waals surface area (Å²) >= 11 is 0. The number of nitrogens with zero attached hydrogens (tertiary/aromatic N) is 2. The zero-order valence-electron chi connectivity index (χ0n) is 14.8. The first-order chi connectivity index (χ1) is 13.2. The molecule has 0 aliphatic heterocycles. The number of aryl methyl sites for hydroxylation is 1. The molecule has 0 spiro atoms. The highest BCUT2D eigenvalue weighted by Crippen LogP contribution is 2.38. The number of non-ortho nitro benzene ring substituents is 1. The van der Waals surface area contributed by atoms with Crippen LogP contribution in [0.25, 0.3) is 10.8 Å². The lowest BCUT2D eigenvalue weighted by molar-refractivity contribution is -0.383. The van der Waals surface area contributed by atoms with Gasteiger partial charge < -0.3 is 5.11 Å². The van der Waals surface area contributed by atoms with E-state index in [2.05, 4.69) is 0 Å². The summed E-state index contributed by atoms with van der Waals surface area (Å²) in [6.45, 7) is 0.698. The minimum Gasteiger partial charge on any atom is -0.480 e. The van der Waals surface area contributed by atoms with Gasteiger partial charge in [-0.15, -0.1) is 0 Å². The van der Waals surface area contributed by atoms with Crippen molar-refractivity contribution in [3.63, 3.8) is 0 Å². The number of nitro benzene ring substituents is 1. The number of nitro groups is 1.